The van der Waals surface area contributed by atoms with Gasteiger partial charge in [-0.3, -0.25) is 4.68 Å². The monoisotopic (exact) mass is 192 g/mol. The normalized spacial score (nSPS) is 10.5. The SMILES string of the molecule is Cn1ncc2c(OB(O)O)cccc21. The summed E-state index contributed by atoms with van der Waals surface area (Å²) < 4.78 is 6.49. The minimum Gasteiger partial charge on any atom is -0.511 e. The lowest BCUT2D eigenvalue weighted by atomic mass is 10.2. The van der Waals surface area contributed by atoms with Crippen LogP contribution < -0.4 is 4.65 Å². The van der Waals surface area contributed by atoms with Crippen LogP contribution in [0.25, 0.3) is 10.9 Å². The maximum Gasteiger partial charge on any atom is 0.707 e. The number of rotatable bonds is 2. The molecule has 0 aliphatic rings. The fourth-order valence-electron chi connectivity index (χ4n) is 1.37. The highest BCUT2D eigenvalue weighted by Crippen LogP contribution is 2.24. The second-order valence-corrected chi connectivity index (χ2v) is 2.90. The van der Waals surface area contributed by atoms with Crippen molar-refractivity contribution in [2.24, 2.45) is 7.05 Å². The summed E-state index contributed by atoms with van der Waals surface area (Å²) >= 11 is 0. The fourth-order valence-corrected chi connectivity index (χ4v) is 1.37. The molecule has 0 radical (unpaired) electrons. The molecule has 0 saturated carbocycles. The average Bonchev–Trinajstić information content (AvgIpc) is 2.49. The summed E-state index contributed by atoms with van der Waals surface area (Å²) in [5, 5.41) is 22.1. The predicted octanol–water partition coefficient (Wildman–Crippen LogP) is -0.0784. The number of aryl methyl sites for hydroxylation is 1. The van der Waals surface area contributed by atoms with Gasteiger partial charge in [0.25, 0.3) is 0 Å². The van der Waals surface area contributed by atoms with E-state index in [9.17, 15) is 0 Å². The van der Waals surface area contributed by atoms with Crippen molar-refractivity contribution in [1.29, 1.82) is 0 Å². The predicted molar refractivity (Wildman–Crippen MR) is 51.5 cm³/mol. The first-order valence-electron chi connectivity index (χ1n) is 4.12. The first-order chi connectivity index (χ1) is 6.68. The van der Waals surface area contributed by atoms with E-state index in [1.54, 1.807) is 23.0 Å². The van der Waals surface area contributed by atoms with E-state index >= 15 is 0 Å². The van der Waals surface area contributed by atoms with Gasteiger partial charge in [-0.15, -0.1) is 0 Å². The lowest BCUT2D eigenvalue weighted by Gasteiger charge is -2.05. The minimum absolute atomic E-state index is 0.408. The molecule has 72 valence electrons. The van der Waals surface area contributed by atoms with Crippen LogP contribution in [-0.2, 0) is 7.05 Å². The topological polar surface area (TPSA) is 67.5 Å². The van der Waals surface area contributed by atoms with Crippen molar-refractivity contribution in [3.63, 3.8) is 0 Å². The summed E-state index contributed by atoms with van der Waals surface area (Å²) in [6.45, 7) is 0. The van der Waals surface area contributed by atoms with Crippen molar-refractivity contribution in [2.75, 3.05) is 0 Å². The Hall–Kier alpha value is -1.53. The second-order valence-electron chi connectivity index (χ2n) is 2.90. The molecule has 2 rings (SSSR count). The van der Waals surface area contributed by atoms with Crippen molar-refractivity contribution in [1.82, 2.24) is 9.78 Å². The Bertz CT molecular complexity index is 455. The zero-order valence-corrected chi connectivity index (χ0v) is 7.58. The van der Waals surface area contributed by atoms with E-state index in [0.29, 0.717) is 5.75 Å². The van der Waals surface area contributed by atoms with Crippen LogP contribution in [0.3, 0.4) is 0 Å². The lowest BCUT2D eigenvalue weighted by Crippen LogP contribution is -2.20. The summed E-state index contributed by atoms with van der Waals surface area (Å²) in [6, 6.07) is 5.30. The van der Waals surface area contributed by atoms with Gasteiger partial charge in [-0.05, 0) is 12.1 Å². The number of aromatic nitrogens is 2. The van der Waals surface area contributed by atoms with Gasteiger partial charge in [0.15, 0.2) is 0 Å². The molecule has 1 heterocycles. The number of hydrogen-bond donors (Lipinski definition) is 2. The molecule has 14 heavy (non-hydrogen) atoms. The summed E-state index contributed by atoms with van der Waals surface area (Å²) in [7, 11) is 0.00222. The highest BCUT2D eigenvalue weighted by Gasteiger charge is 2.14. The van der Waals surface area contributed by atoms with Crippen molar-refractivity contribution in [2.45, 2.75) is 0 Å². The van der Waals surface area contributed by atoms with E-state index in [0.717, 1.165) is 10.9 Å². The molecule has 6 heteroatoms. The standard InChI is InChI=1S/C8H9BN2O3/c1-11-7-3-2-4-8(14-9(12)13)6(7)5-10-11/h2-5,12-13H,1H3. The zero-order valence-electron chi connectivity index (χ0n) is 7.58. The van der Waals surface area contributed by atoms with Crippen LogP contribution in [0.4, 0.5) is 0 Å². The van der Waals surface area contributed by atoms with Crippen LogP contribution in [0.1, 0.15) is 0 Å². The molecular formula is C8H9BN2O3. The maximum atomic E-state index is 8.68. The molecule has 0 aliphatic carbocycles. The average molecular weight is 192 g/mol. The Morgan fingerprint density at radius 3 is 2.93 bits per heavy atom. The number of fused-ring (bicyclic) bond motifs is 1. The van der Waals surface area contributed by atoms with Gasteiger partial charge in [0.1, 0.15) is 5.75 Å². The Kier molecular flexibility index (Phi) is 2.15. The second kappa shape index (κ2) is 3.32. The van der Waals surface area contributed by atoms with E-state index in [-0.39, 0.29) is 0 Å². The third-order valence-corrected chi connectivity index (χ3v) is 1.98. The third kappa shape index (κ3) is 1.45. The molecule has 2 N–H and O–H groups in total. The Morgan fingerprint density at radius 1 is 1.43 bits per heavy atom. The number of benzene rings is 1. The van der Waals surface area contributed by atoms with E-state index in [4.69, 9.17) is 14.7 Å². The molecule has 0 unspecified atom stereocenters. The zero-order chi connectivity index (χ0) is 10.1. The molecule has 0 aliphatic heterocycles. The maximum absolute atomic E-state index is 8.68. The minimum atomic E-state index is -1.80. The first-order valence-corrected chi connectivity index (χ1v) is 4.12. The molecule has 1 aromatic carbocycles. The number of nitrogens with zero attached hydrogens (tertiary/aromatic N) is 2. The van der Waals surface area contributed by atoms with Crippen LogP contribution in [0.5, 0.6) is 5.75 Å². The van der Waals surface area contributed by atoms with Gasteiger partial charge < -0.3 is 14.7 Å². The summed E-state index contributed by atoms with van der Waals surface area (Å²) in [5.41, 5.74) is 0.878. The molecule has 1 aromatic heterocycles. The smallest absolute Gasteiger partial charge is 0.511 e. The molecule has 0 atom stereocenters. The number of hydrogen-bond acceptors (Lipinski definition) is 4. The van der Waals surface area contributed by atoms with Crippen molar-refractivity contribution in [3.05, 3.63) is 24.4 Å². The molecule has 0 spiro atoms. The fraction of sp³-hybridized carbons (Fsp3) is 0.125. The first kappa shape index (κ1) is 9.05. The summed E-state index contributed by atoms with van der Waals surface area (Å²) in [6.07, 6.45) is 1.62. The van der Waals surface area contributed by atoms with Gasteiger partial charge in [0, 0.05) is 7.05 Å². The van der Waals surface area contributed by atoms with Crippen LogP contribution in [0.2, 0.25) is 0 Å². The van der Waals surface area contributed by atoms with Crippen LogP contribution in [0.15, 0.2) is 24.4 Å². The molecule has 5 nitrogen and oxygen atoms in total. The Labute approximate surface area is 80.7 Å². The highest BCUT2D eigenvalue weighted by atomic mass is 16.6. The van der Waals surface area contributed by atoms with Crippen molar-refractivity contribution >= 4 is 18.2 Å². The lowest BCUT2D eigenvalue weighted by molar-refractivity contribution is 0.289. The van der Waals surface area contributed by atoms with E-state index < -0.39 is 7.32 Å². The molecule has 0 fully saturated rings. The van der Waals surface area contributed by atoms with Gasteiger partial charge in [-0.2, -0.15) is 5.10 Å². The van der Waals surface area contributed by atoms with Gasteiger partial charge in [-0.25, -0.2) is 0 Å². The molecular weight excluding hydrogens is 183 g/mol. The Balaban J connectivity index is 2.54. The molecule has 0 bridgehead atoms. The van der Waals surface area contributed by atoms with Crippen LogP contribution in [0, 0.1) is 0 Å². The van der Waals surface area contributed by atoms with Gasteiger partial charge in [-0.1, -0.05) is 6.07 Å². The van der Waals surface area contributed by atoms with E-state index in [1.165, 1.54) is 0 Å². The summed E-state index contributed by atoms with van der Waals surface area (Å²) in [4.78, 5) is 0. The Morgan fingerprint density at radius 2 is 2.21 bits per heavy atom. The summed E-state index contributed by atoms with van der Waals surface area (Å²) in [5.74, 6) is 0.408. The molecule has 0 saturated heterocycles. The van der Waals surface area contributed by atoms with Gasteiger partial charge in [0.05, 0.1) is 17.1 Å². The third-order valence-electron chi connectivity index (χ3n) is 1.98. The largest absolute Gasteiger partial charge is 0.707 e. The van der Waals surface area contributed by atoms with Crippen LogP contribution >= 0.6 is 0 Å². The quantitative estimate of drug-likeness (QED) is 0.653. The van der Waals surface area contributed by atoms with E-state index in [1.807, 2.05) is 13.1 Å². The van der Waals surface area contributed by atoms with Gasteiger partial charge in [0.2, 0.25) is 0 Å². The van der Waals surface area contributed by atoms with Crippen molar-refractivity contribution in [3.8, 4) is 5.75 Å². The highest BCUT2D eigenvalue weighted by molar-refractivity contribution is 6.34. The van der Waals surface area contributed by atoms with Gasteiger partial charge >= 0.3 is 7.32 Å². The molecule has 0 amide bonds. The van der Waals surface area contributed by atoms with Crippen LogP contribution in [-0.4, -0.2) is 27.1 Å². The molecule has 2 aromatic rings. The van der Waals surface area contributed by atoms with Crippen molar-refractivity contribution < 1.29 is 14.7 Å². The van der Waals surface area contributed by atoms with E-state index in [2.05, 4.69) is 5.10 Å².